The Labute approximate surface area is 132 Å². The van der Waals surface area contributed by atoms with Gasteiger partial charge in [0.1, 0.15) is 0 Å². The van der Waals surface area contributed by atoms with E-state index in [0.29, 0.717) is 24.2 Å². The molecule has 1 unspecified atom stereocenters. The van der Waals surface area contributed by atoms with Crippen molar-refractivity contribution >= 4 is 16.1 Å². The summed E-state index contributed by atoms with van der Waals surface area (Å²) in [5.74, 6) is 0.728. The second-order valence-electron chi connectivity index (χ2n) is 7.92. The molecule has 0 aromatic heterocycles. The Morgan fingerprint density at radius 2 is 1.77 bits per heavy atom. The van der Waals surface area contributed by atoms with Crippen LogP contribution in [-0.4, -0.2) is 33.9 Å². The van der Waals surface area contributed by atoms with Crippen LogP contribution in [0.25, 0.3) is 0 Å². The van der Waals surface area contributed by atoms with Crippen LogP contribution in [0.3, 0.4) is 0 Å². The highest BCUT2D eigenvalue weighted by atomic mass is 32.2. The van der Waals surface area contributed by atoms with Gasteiger partial charge in [-0.25, -0.2) is 0 Å². The summed E-state index contributed by atoms with van der Waals surface area (Å²) in [7, 11) is -2.11. The predicted molar refractivity (Wildman–Crippen MR) is 81.4 cm³/mol. The van der Waals surface area contributed by atoms with Crippen molar-refractivity contribution < 1.29 is 22.1 Å². The number of carbonyl (C=O) groups is 1. The third-order valence-corrected chi connectivity index (χ3v) is 6.90. The lowest BCUT2D eigenvalue weighted by Gasteiger charge is -2.37. The first-order valence-electron chi connectivity index (χ1n) is 8.12. The first-order chi connectivity index (χ1) is 10.2. The lowest BCUT2D eigenvalue weighted by atomic mass is 9.69. The molecular weight excluding hydrogens is 304 g/mol. The van der Waals surface area contributed by atoms with Crippen LogP contribution in [0, 0.1) is 35.0 Å². The van der Waals surface area contributed by atoms with Gasteiger partial charge in [0, 0.05) is 5.92 Å². The Morgan fingerprint density at radius 3 is 2.36 bits per heavy atom. The standard InChI is InChI=1S/C16H26O5S/c1-16(2)8-7-11(21-22(4,18)19)12-9-5-6-10(14(9)16)13(12)15(17)20-3/h9-14H,5-8H2,1-4H3/t9-,10+,11?,12+,13-,14+/m0/s1. The first kappa shape index (κ1) is 16.2. The van der Waals surface area contributed by atoms with Crippen LogP contribution >= 0.6 is 0 Å². The van der Waals surface area contributed by atoms with Crippen molar-refractivity contribution in [3.8, 4) is 0 Å². The van der Waals surface area contributed by atoms with E-state index in [4.69, 9.17) is 8.92 Å². The molecule has 3 aliphatic rings. The first-order valence-corrected chi connectivity index (χ1v) is 9.93. The number of esters is 1. The molecule has 3 aliphatic carbocycles. The molecule has 3 saturated carbocycles. The molecule has 0 amide bonds. The Bertz CT molecular complexity index is 567. The summed E-state index contributed by atoms with van der Waals surface area (Å²) >= 11 is 0. The zero-order chi connectivity index (χ0) is 16.3. The average molecular weight is 330 g/mol. The van der Waals surface area contributed by atoms with E-state index >= 15 is 0 Å². The van der Waals surface area contributed by atoms with Crippen molar-refractivity contribution in [1.29, 1.82) is 0 Å². The van der Waals surface area contributed by atoms with Crippen LogP contribution in [0.4, 0.5) is 0 Å². The van der Waals surface area contributed by atoms with Crippen molar-refractivity contribution in [1.82, 2.24) is 0 Å². The zero-order valence-electron chi connectivity index (χ0n) is 13.7. The van der Waals surface area contributed by atoms with Crippen molar-refractivity contribution in [2.24, 2.45) is 35.0 Å². The van der Waals surface area contributed by atoms with Crippen molar-refractivity contribution in [2.45, 2.75) is 45.6 Å². The van der Waals surface area contributed by atoms with Crippen molar-refractivity contribution in [3.05, 3.63) is 0 Å². The summed E-state index contributed by atoms with van der Waals surface area (Å²) < 4.78 is 33.8. The largest absolute Gasteiger partial charge is 0.469 e. The minimum atomic E-state index is -3.53. The van der Waals surface area contributed by atoms with Crippen LogP contribution in [0.2, 0.25) is 0 Å². The van der Waals surface area contributed by atoms with E-state index in [9.17, 15) is 13.2 Å². The van der Waals surface area contributed by atoms with E-state index in [1.165, 1.54) is 7.11 Å². The Morgan fingerprint density at radius 1 is 1.14 bits per heavy atom. The highest BCUT2D eigenvalue weighted by Gasteiger charge is 2.64. The Kier molecular flexibility index (Phi) is 3.84. The summed E-state index contributed by atoms with van der Waals surface area (Å²) in [5, 5.41) is 0. The van der Waals surface area contributed by atoms with E-state index in [-0.39, 0.29) is 23.2 Å². The van der Waals surface area contributed by atoms with Gasteiger partial charge in [0.15, 0.2) is 0 Å². The number of ether oxygens (including phenoxy) is 1. The molecule has 4 bridgehead atoms. The van der Waals surface area contributed by atoms with E-state index in [0.717, 1.165) is 25.5 Å². The molecule has 126 valence electrons. The van der Waals surface area contributed by atoms with E-state index in [2.05, 4.69) is 13.8 Å². The van der Waals surface area contributed by atoms with Crippen LogP contribution in [0.5, 0.6) is 0 Å². The van der Waals surface area contributed by atoms with Gasteiger partial charge in [-0.2, -0.15) is 8.42 Å². The highest BCUT2D eigenvalue weighted by molar-refractivity contribution is 7.86. The number of carbonyl (C=O) groups excluding carboxylic acids is 1. The van der Waals surface area contributed by atoms with Crippen LogP contribution in [0.1, 0.15) is 39.5 Å². The van der Waals surface area contributed by atoms with Crippen molar-refractivity contribution in [3.63, 3.8) is 0 Å². The molecule has 0 aromatic rings. The van der Waals surface area contributed by atoms with Gasteiger partial charge in [-0.3, -0.25) is 8.98 Å². The molecule has 3 rings (SSSR count). The molecule has 0 N–H and O–H groups in total. The number of hydrogen-bond donors (Lipinski definition) is 0. The molecule has 22 heavy (non-hydrogen) atoms. The molecule has 0 aliphatic heterocycles. The Balaban J connectivity index is 2.01. The maximum absolute atomic E-state index is 12.4. The number of rotatable bonds is 3. The van der Waals surface area contributed by atoms with Gasteiger partial charge < -0.3 is 4.74 Å². The number of hydrogen-bond acceptors (Lipinski definition) is 5. The minimum absolute atomic E-state index is 0.0206. The molecular formula is C16H26O5S. The predicted octanol–water partition coefficient (Wildman–Crippen LogP) is 2.21. The fourth-order valence-corrected chi connectivity index (χ4v) is 6.47. The normalized spacial score (nSPS) is 42.9. The molecule has 0 radical (unpaired) electrons. The third kappa shape index (κ3) is 2.48. The maximum atomic E-state index is 12.4. The summed E-state index contributed by atoms with van der Waals surface area (Å²) in [6.45, 7) is 4.51. The fourth-order valence-electron chi connectivity index (χ4n) is 5.79. The molecule has 3 fully saturated rings. The molecule has 0 saturated heterocycles. The van der Waals surface area contributed by atoms with Gasteiger partial charge in [-0.1, -0.05) is 13.8 Å². The van der Waals surface area contributed by atoms with Crippen LogP contribution < -0.4 is 0 Å². The van der Waals surface area contributed by atoms with E-state index < -0.39 is 16.2 Å². The quantitative estimate of drug-likeness (QED) is 0.586. The lowest BCUT2D eigenvalue weighted by Crippen LogP contribution is -2.40. The third-order valence-electron chi connectivity index (χ3n) is 6.30. The molecule has 0 spiro atoms. The summed E-state index contributed by atoms with van der Waals surface area (Å²) in [6, 6.07) is 0. The van der Waals surface area contributed by atoms with E-state index in [1.54, 1.807) is 0 Å². The van der Waals surface area contributed by atoms with Gasteiger partial charge in [0.05, 0.1) is 25.4 Å². The van der Waals surface area contributed by atoms with Gasteiger partial charge in [0.2, 0.25) is 0 Å². The van der Waals surface area contributed by atoms with Gasteiger partial charge >= 0.3 is 5.97 Å². The fraction of sp³-hybridized carbons (Fsp3) is 0.938. The maximum Gasteiger partial charge on any atom is 0.309 e. The molecule has 5 nitrogen and oxygen atoms in total. The second kappa shape index (κ2) is 5.20. The summed E-state index contributed by atoms with van der Waals surface area (Å²) in [4.78, 5) is 12.4. The molecule has 6 atom stereocenters. The van der Waals surface area contributed by atoms with Crippen LogP contribution in [-0.2, 0) is 23.8 Å². The van der Waals surface area contributed by atoms with E-state index in [1.807, 2.05) is 0 Å². The average Bonchev–Trinajstić information content (AvgIpc) is 2.94. The monoisotopic (exact) mass is 330 g/mol. The smallest absolute Gasteiger partial charge is 0.309 e. The topological polar surface area (TPSA) is 69.7 Å². The summed E-state index contributed by atoms with van der Waals surface area (Å²) in [5.41, 5.74) is 0.114. The molecule has 6 heteroatoms. The number of methoxy groups -OCH3 is 1. The molecule has 0 aromatic carbocycles. The SMILES string of the molecule is COC(=O)[C@H]1[C@H]2CC[C@H]3[C@@H]1C(OS(C)(=O)=O)CCC(C)(C)[C@@H]23. The van der Waals surface area contributed by atoms with Gasteiger partial charge in [-0.05, 0) is 48.9 Å². The minimum Gasteiger partial charge on any atom is -0.469 e. The van der Waals surface area contributed by atoms with Gasteiger partial charge in [-0.15, -0.1) is 0 Å². The summed E-state index contributed by atoms with van der Waals surface area (Å²) in [6.07, 6.45) is 4.45. The van der Waals surface area contributed by atoms with Crippen LogP contribution in [0.15, 0.2) is 0 Å². The Hall–Kier alpha value is -0.620. The lowest BCUT2D eigenvalue weighted by molar-refractivity contribution is -0.151. The second-order valence-corrected chi connectivity index (χ2v) is 9.52. The van der Waals surface area contributed by atoms with Crippen molar-refractivity contribution in [2.75, 3.05) is 13.4 Å². The van der Waals surface area contributed by atoms with Gasteiger partial charge in [0.25, 0.3) is 10.1 Å². The highest BCUT2D eigenvalue weighted by Crippen LogP contribution is 2.66. The molecule has 0 heterocycles. The zero-order valence-corrected chi connectivity index (χ0v) is 14.6.